The Morgan fingerprint density at radius 3 is 2.15 bits per heavy atom. The SMILES string of the molecule is COC(=O)c1ccc(C)c(NC(=O)c2ccc(NS(C)(=O)=O)c(C)c2)c1. The summed E-state index contributed by atoms with van der Waals surface area (Å²) in [5.41, 5.74) is 3.00. The van der Waals surface area contributed by atoms with Crippen molar-refractivity contribution in [1.29, 1.82) is 0 Å². The Kier molecular flexibility index (Phi) is 5.66. The maximum atomic E-state index is 12.5. The number of carbonyl (C=O) groups excluding carboxylic acids is 2. The van der Waals surface area contributed by atoms with Gasteiger partial charge in [-0.05, 0) is 55.3 Å². The third-order valence-corrected chi connectivity index (χ3v) is 4.28. The minimum absolute atomic E-state index is 0.331. The number of ether oxygens (including phenoxy) is 1. The molecule has 26 heavy (non-hydrogen) atoms. The highest BCUT2D eigenvalue weighted by Gasteiger charge is 2.13. The predicted molar refractivity (Wildman–Crippen MR) is 100 cm³/mol. The standard InChI is InChI=1S/C18H20N2O5S/c1-11-5-6-14(18(22)25-3)10-16(11)19-17(21)13-7-8-15(12(2)9-13)20-26(4,23)24/h5-10,20H,1-4H3,(H,19,21). The molecule has 0 heterocycles. The van der Waals surface area contributed by atoms with Gasteiger partial charge in [-0.3, -0.25) is 9.52 Å². The summed E-state index contributed by atoms with van der Waals surface area (Å²) in [5, 5.41) is 2.76. The molecule has 2 aromatic rings. The summed E-state index contributed by atoms with van der Waals surface area (Å²) in [4.78, 5) is 24.1. The number of hydrogen-bond donors (Lipinski definition) is 2. The van der Waals surface area contributed by atoms with Gasteiger partial charge in [0.05, 0.1) is 24.6 Å². The third-order valence-electron chi connectivity index (χ3n) is 3.69. The molecule has 0 atom stereocenters. The maximum absolute atomic E-state index is 12.5. The van der Waals surface area contributed by atoms with Crippen molar-refractivity contribution in [2.75, 3.05) is 23.4 Å². The van der Waals surface area contributed by atoms with Gasteiger partial charge in [-0.15, -0.1) is 0 Å². The molecule has 2 N–H and O–H groups in total. The second-order valence-electron chi connectivity index (χ2n) is 5.88. The number of hydrogen-bond acceptors (Lipinski definition) is 5. The molecule has 0 aliphatic rings. The van der Waals surface area contributed by atoms with E-state index >= 15 is 0 Å². The van der Waals surface area contributed by atoms with Gasteiger partial charge in [0, 0.05) is 11.3 Å². The van der Waals surface area contributed by atoms with Crippen LogP contribution in [0.1, 0.15) is 31.8 Å². The van der Waals surface area contributed by atoms with E-state index in [0.29, 0.717) is 28.1 Å². The fraction of sp³-hybridized carbons (Fsp3) is 0.222. The molecule has 0 unspecified atom stereocenters. The van der Waals surface area contributed by atoms with Crippen LogP contribution < -0.4 is 10.0 Å². The minimum Gasteiger partial charge on any atom is -0.465 e. The van der Waals surface area contributed by atoms with Crippen molar-refractivity contribution < 1.29 is 22.7 Å². The summed E-state index contributed by atoms with van der Waals surface area (Å²) in [6.07, 6.45) is 1.06. The number of esters is 1. The van der Waals surface area contributed by atoms with Crippen molar-refractivity contribution in [3.63, 3.8) is 0 Å². The lowest BCUT2D eigenvalue weighted by Gasteiger charge is -2.12. The topological polar surface area (TPSA) is 102 Å². The zero-order valence-corrected chi connectivity index (χ0v) is 15.7. The Morgan fingerprint density at radius 2 is 1.58 bits per heavy atom. The second kappa shape index (κ2) is 7.57. The molecule has 0 aromatic heterocycles. The van der Waals surface area contributed by atoms with Gasteiger partial charge in [0.15, 0.2) is 0 Å². The summed E-state index contributed by atoms with van der Waals surface area (Å²) in [7, 11) is -2.11. The third kappa shape index (κ3) is 4.82. The molecular weight excluding hydrogens is 356 g/mol. The lowest BCUT2D eigenvalue weighted by atomic mass is 10.1. The number of sulfonamides is 1. The van der Waals surface area contributed by atoms with Gasteiger partial charge in [0.25, 0.3) is 5.91 Å². The van der Waals surface area contributed by atoms with Gasteiger partial charge in [-0.2, -0.15) is 0 Å². The molecule has 1 amide bonds. The lowest BCUT2D eigenvalue weighted by Crippen LogP contribution is -2.15. The number of amides is 1. The fourth-order valence-corrected chi connectivity index (χ4v) is 2.94. The highest BCUT2D eigenvalue weighted by atomic mass is 32.2. The molecule has 2 aromatic carbocycles. The number of anilines is 2. The van der Waals surface area contributed by atoms with Crippen LogP contribution in [0.5, 0.6) is 0 Å². The first kappa shape index (κ1) is 19.5. The number of methoxy groups -OCH3 is 1. The average Bonchev–Trinajstić information content (AvgIpc) is 2.56. The summed E-state index contributed by atoms with van der Waals surface area (Å²) in [6, 6.07) is 9.52. The summed E-state index contributed by atoms with van der Waals surface area (Å²) in [6.45, 7) is 3.51. The van der Waals surface area contributed by atoms with E-state index in [4.69, 9.17) is 0 Å². The molecule has 0 saturated heterocycles. The molecule has 2 rings (SSSR count). The second-order valence-corrected chi connectivity index (χ2v) is 7.63. The van der Waals surface area contributed by atoms with Crippen LogP contribution in [-0.4, -0.2) is 33.7 Å². The molecule has 0 bridgehead atoms. The summed E-state index contributed by atoms with van der Waals surface area (Å²) in [5.74, 6) is -0.864. The molecule has 0 spiro atoms. The van der Waals surface area contributed by atoms with Crippen molar-refractivity contribution >= 4 is 33.3 Å². The smallest absolute Gasteiger partial charge is 0.337 e. The Balaban J connectivity index is 2.25. The van der Waals surface area contributed by atoms with E-state index < -0.39 is 16.0 Å². The number of aryl methyl sites for hydroxylation is 2. The molecule has 0 radical (unpaired) electrons. The van der Waals surface area contributed by atoms with Crippen molar-refractivity contribution in [1.82, 2.24) is 0 Å². The Bertz CT molecular complexity index is 968. The van der Waals surface area contributed by atoms with Gasteiger partial charge < -0.3 is 10.1 Å². The molecule has 7 nitrogen and oxygen atoms in total. The van der Waals surface area contributed by atoms with E-state index in [0.717, 1.165) is 11.8 Å². The molecule has 0 aliphatic heterocycles. The zero-order chi connectivity index (χ0) is 19.5. The van der Waals surface area contributed by atoms with Gasteiger partial charge in [0.2, 0.25) is 10.0 Å². The lowest BCUT2D eigenvalue weighted by molar-refractivity contribution is 0.0600. The minimum atomic E-state index is -3.40. The first-order valence-corrected chi connectivity index (χ1v) is 9.58. The van der Waals surface area contributed by atoms with Gasteiger partial charge >= 0.3 is 5.97 Å². The highest BCUT2D eigenvalue weighted by Crippen LogP contribution is 2.21. The largest absolute Gasteiger partial charge is 0.465 e. The van der Waals surface area contributed by atoms with Crippen molar-refractivity contribution in [2.45, 2.75) is 13.8 Å². The first-order chi connectivity index (χ1) is 12.1. The van der Waals surface area contributed by atoms with Crippen LogP contribution in [-0.2, 0) is 14.8 Å². The van der Waals surface area contributed by atoms with E-state index in [1.807, 2.05) is 0 Å². The van der Waals surface area contributed by atoms with Crippen LogP contribution in [0.15, 0.2) is 36.4 Å². The van der Waals surface area contributed by atoms with E-state index in [9.17, 15) is 18.0 Å². The average molecular weight is 376 g/mol. The quantitative estimate of drug-likeness (QED) is 0.781. The normalized spacial score (nSPS) is 10.9. The number of nitrogens with one attached hydrogen (secondary N) is 2. The van der Waals surface area contributed by atoms with Gasteiger partial charge in [-0.25, -0.2) is 13.2 Å². The van der Waals surface area contributed by atoms with Crippen LogP contribution in [0.2, 0.25) is 0 Å². The summed E-state index contributed by atoms with van der Waals surface area (Å²) < 4.78 is 29.7. The van der Waals surface area contributed by atoms with E-state index in [2.05, 4.69) is 14.8 Å². The predicted octanol–water partition coefficient (Wildman–Crippen LogP) is 2.71. The molecular formula is C18H20N2O5S. The molecule has 0 saturated carbocycles. The van der Waals surface area contributed by atoms with E-state index in [-0.39, 0.29) is 5.91 Å². The van der Waals surface area contributed by atoms with Crippen LogP contribution >= 0.6 is 0 Å². The molecule has 8 heteroatoms. The van der Waals surface area contributed by atoms with Crippen LogP contribution in [0.25, 0.3) is 0 Å². The molecule has 0 aliphatic carbocycles. The van der Waals surface area contributed by atoms with Crippen LogP contribution in [0, 0.1) is 13.8 Å². The van der Waals surface area contributed by atoms with Crippen molar-refractivity contribution in [3.8, 4) is 0 Å². The highest BCUT2D eigenvalue weighted by molar-refractivity contribution is 7.92. The van der Waals surface area contributed by atoms with Crippen LogP contribution in [0.3, 0.4) is 0 Å². The van der Waals surface area contributed by atoms with Gasteiger partial charge in [0.1, 0.15) is 0 Å². The zero-order valence-electron chi connectivity index (χ0n) is 14.9. The molecule has 0 fully saturated rings. The Hall–Kier alpha value is -2.87. The Labute approximate surface area is 152 Å². The number of rotatable bonds is 5. The molecule has 138 valence electrons. The fourth-order valence-electron chi connectivity index (χ4n) is 2.32. The van der Waals surface area contributed by atoms with Crippen LogP contribution in [0.4, 0.5) is 11.4 Å². The number of benzene rings is 2. The number of carbonyl (C=O) groups is 2. The maximum Gasteiger partial charge on any atom is 0.337 e. The van der Waals surface area contributed by atoms with Crippen molar-refractivity contribution in [3.05, 3.63) is 58.7 Å². The summed E-state index contributed by atoms with van der Waals surface area (Å²) >= 11 is 0. The van der Waals surface area contributed by atoms with Gasteiger partial charge in [-0.1, -0.05) is 6.07 Å². The van der Waals surface area contributed by atoms with Crippen molar-refractivity contribution in [2.24, 2.45) is 0 Å². The Morgan fingerprint density at radius 1 is 0.923 bits per heavy atom. The monoisotopic (exact) mass is 376 g/mol. The van der Waals surface area contributed by atoms with E-state index in [1.54, 1.807) is 38.1 Å². The first-order valence-electron chi connectivity index (χ1n) is 7.69. The van der Waals surface area contributed by atoms with E-state index in [1.165, 1.54) is 19.2 Å².